The van der Waals surface area contributed by atoms with Gasteiger partial charge in [0.05, 0.1) is 16.6 Å². The second kappa shape index (κ2) is 9.61. The van der Waals surface area contributed by atoms with E-state index < -0.39 is 15.8 Å². The first-order chi connectivity index (χ1) is 18.3. The van der Waals surface area contributed by atoms with Crippen LogP contribution in [0.25, 0.3) is 0 Å². The number of halogens is 1. The van der Waals surface area contributed by atoms with Crippen LogP contribution in [0.5, 0.6) is 5.75 Å². The molecule has 6 rings (SSSR count). The number of amides is 1. The molecule has 3 aromatic rings. The van der Waals surface area contributed by atoms with E-state index in [0.29, 0.717) is 16.8 Å². The average molecular weight is 553 g/mol. The van der Waals surface area contributed by atoms with Gasteiger partial charge in [-0.1, -0.05) is 18.2 Å². The molecule has 9 heteroatoms. The number of thioether (sulfide) groups is 1. The Bertz CT molecular complexity index is 1480. The lowest BCUT2D eigenvalue weighted by molar-refractivity contribution is 0.0950. The molecule has 2 N–H and O–H groups in total. The van der Waals surface area contributed by atoms with Crippen LogP contribution in [0.2, 0.25) is 0 Å². The summed E-state index contributed by atoms with van der Waals surface area (Å²) in [7, 11) is -3.95. The summed E-state index contributed by atoms with van der Waals surface area (Å²) in [5, 5.41) is 12.9. The molecule has 1 atom stereocenters. The van der Waals surface area contributed by atoms with Crippen LogP contribution in [0.3, 0.4) is 0 Å². The lowest BCUT2D eigenvalue weighted by Crippen LogP contribution is -2.50. The molecule has 1 amide bonds. The zero-order chi connectivity index (χ0) is 26.5. The van der Waals surface area contributed by atoms with Crippen molar-refractivity contribution in [2.75, 3.05) is 15.8 Å². The van der Waals surface area contributed by atoms with Gasteiger partial charge in [-0.05, 0) is 97.2 Å². The number of sulfonamides is 1. The molecule has 6 nitrogen and oxygen atoms in total. The average Bonchev–Trinajstić information content (AvgIpc) is 3.72. The number of phenolic OH excluding ortho intramolecular Hbond substituents is 1. The quantitative estimate of drug-likeness (QED) is 0.438. The van der Waals surface area contributed by atoms with Crippen molar-refractivity contribution in [3.63, 3.8) is 0 Å². The Morgan fingerprint density at radius 2 is 1.76 bits per heavy atom. The summed E-state index contributed by atoms with van der Waals surface area (Å²) in [5.41, 5.74) is 2.24. The Morgan fingerprint density at radius 3 is 2.45 bits per heavy atom. The lowest BCUT2D eigenvalue weighted by atomic mass is 9.70. The number of aromatic hydroxyl groups is 1. The van der Waals surface area contributed by atoms with Gasteiger partial charge in [-0.15, -0.1) is 0 Å². The third-order valence-corrected chi connectivity index (χ3v) is 10.9. The number of anilines is 1. The first-order valence-corrected chi connectivity index (χ1v) is 15.5. The molecule has 1 spiro atoms. The highest BCUT2D eigenvalue weighted by atomic mass is 32.2. The maximum Gasteiger partial charge on any atom is 0.264 e. The smallest absolute Gasteiger partial charge is 0.264 e. The number of fused-ring (bicyclic) bond motifs is 2. The number of carbonyl (C=O) groups is 1. The highest BCUT2D eigenvalue weighted by Crippen LogP contribution is 2.59. The van der Waals surface area contributed by atoms with E-state index in [1.807, 2.05) is 17.8 Å². The Morgan fingerprint density at radius 1 is 1.05 bits per heavy atom. The number of carbonyl (C=O) groups excluding carboxylic acids is 1. The summed E-state index contributed by atoms with van der Waals surface area (Å²) >= 11 is 1.88. The van der Waals surface area contributed by atoms with Gasteiger partial charge in [-0.25, -0.2) is 12.8 Å². The molecule has 1 saturated carbocycles. The summed E-state index contributed by atoms with van der Waals surface area (Å²) in [5.74, 6) is 1.46. The van der Waals surface area contributed by atoms with Crippen molar-refractivity contribution in [3.8, 4) is 5.75 Å². The van der Waals surface area contributed by atoms with Crippen molar-refractivity contribution in [1.29, 1.82) is 0 Å². The number of nitrogens with zero attached hydrogens (tertiary/aromatic N) is 1. The fourth-order valence-corrected chi connectivity index (χ4v) is 9.11. The standard InChI is InChI=1S/C29H29FN2O4S2/c30-22-8-10-23(11-9-22)38(35,36)32-25-12-7-20(28(34)31-18-21-3-1-2-4-26(21)33)17-24(25)29(13-15-37-16-14-29)27(32)19-5-6-19/h1-4,7-12,17,19,27,33H,5-6,13-16,18H2,(H,31,34). The number of nitrogens with one attached hydrogen (secondary N) is 1. The topological polar surface area (TPSA) is 86.7 Å². The van der Waals surface area contributed by atoms with Crippen molar-refractivity contribution in [1.82, 2.24) is 5.32 Å². The van der Waals surface area contributed by atoms with E-state index >= 15 is 0 Å². The summed E-state index contributed by atoms with van der Waals surface area (Å²) in [6.07, 6.45) is 3.61. The van der Waals surface area contributed by atoms with Crippen molar-refractivity contribution in [2.24, 2.45) is 5.92 Å². The molecule has 198 valence electrons. The molecule has 1 aliphatic carbocycles. The van der Waals surface area contributed by atoms with Gasteiger partial charge in [0.15, 0.2) is 0 Å². The zero-order valence-corrected chi connectivity index (χ0v) is 22.4. The van der Waals surface area contributed by atoms with Crippen LogP contribution in [-0.2, 0) is 22.0 Å². The van der Waals surface area contributed by atoms with Gasteiger partial charge in [-0.2, -0.15) is 11.8 Å². The molecule has 1 saturated heterocycles. The molecule has 0 radical (unpaired) electrons. The van der Waals surface area contributed by atoms with Crippen molar-refractivity contribution >= 4 is 33.4 Å². The van der Waals surface area contributed by atoms with Gasteiger partial charge >= 0.3 is 0 Å². The fraction of sp³-hybridized carbons (Fsp3) is 0.345. The SMILES string of the molecule is O=C(NCc1ccccc1O)c1ccc2c(c1)C1(CCSCC1)C(C1CC1)N2S(=O)(=O)c1ccc(F)cc1. The zero-order valence-electron chi connectivity index (χ0n) is 20.8. The van der Waals surface area contributed by atoms with Crippen LogP contribution in [0, 0.1) is 11.7 Å². The second-order valence-electron chi connectivity index (χ2n) is 10.3. The third kappa shape index (κ3) is 4.25. The van der Waals surface area contributed by atoms with Gasteiger partial charge in [0, 0.05) is 23.1 Å². The minimum absolute atomic E-state index is 0.0715. The van der Waals surface area contributed by atoms with Crippen molar-refractivity contribution < 1.29 is 22.7 Å². The first kappa shape index (κ1) is 25.2. The summed E-state index contributed by atoms with van der Waals surface area (Å²) < 4.78 is 43.4. The van der Waals surface area contributed by atoms with Gasteiger partial charge in [0.25, 0.3) is 15.9 Å². The number of benzene rings is 3. The van der Waals surface area contributed by atoms with Crippen LogP contribution < -0.4 is 9.62 Å². The molecule has 1 unspecified atom stereocenters. The third-order valence-electron chi connectivity index (χ3n) is 8.11. The van der Waals surface area contributed by atoms with Crippen LogP contribution in [0.1, 0.15) is 47.2 Å². The van der Waals surface area contributed by atoms with E-state index in [4.69, 9.17) is 0 Å². The molecule has 2 fully saturated rings. The van der Waals surface area contributed by atoms with Gasteiger partial charge in [0.1, 0.15) is 11.6 Å². The van der Waals surface area contributed by atoms with E-state index in [2.05, 4.69) is 5.32 Å². The van der Waals surface area contributed by atoms with Crippen LogP contribution in [0.15, 0.2) is 71.6 Å². The van der Waals surface area contributed by atoms with E-state index in [1.54, 1.807) is 40.7 Å². The Hall–Kier alpha value is -3.04. The molecule has 2 heterocycles. The lowest BCUT2D eigenvalue weighted by Gasteiger charge is -2.41. The summed E-state index contributed by atoms with van der Waals surface area (Å²) in [4.78, 5) is 13.3. The van der Waals surface area contributed by atoms with E-state index in [9.17, 15) is 22.7 Å². The summed E-state index contributed by atoms with van der Waals surface area (Å²) in [6, 6.07) is 17.0. The van der Waals surface area contributed by atoms with Crippen LogP contribution in [0.4, 0.5) is 10.1 Å². The van der Waals surface area contributed by atoms with Crippen molar-refractivity contribution in [2.45, 2.75) is 48.6 Å². The van der Waals surface area contributed by atoms with Crippen LogP contribution in [-0.4, -0.2) is 37.0 Å². The number of hydrogen-bond acceptors (Lipinski definition) is 5. The normalized spacial score (nSPS) is 20.3. The molecular weight excluding hydrogens is 523 g/mol. The molecule has 0 bridgehead atoms. The number of rotatable bonds is 6. The highest BCUT2D eigenvalue weighted by Gasteiger charge is 2.59. The van der Waals surface area contributed by atoms with Crippen molar-refractivity contribution in [3.05, 3.63) is 89.2 Å². The maximum absolute atomic E-state index is 14.1. The van der Waals surface area contributed by atoms with E-state index in [-0.39, 0.29) is 40.5 Å². The molecule has 2 aliphatic heterocycles. The minimum Gasteiger partial charge on any atom is -0.508 e. The monoisotopic (exact) mass is 552 g/mol. The summed E-state index contributed by atoms with van der Waals surface area (Å²) in [6.45, 7) is 0.181. The Balaban J connectivity index is 1.41. The largest absolute Gasteiger partial charge is 0.508 e. The van der Waals surface area contributed by atoms with E-state index in [0.717, 1.165) is 42.8 Å². The predicted molar refractivity (Wildman–Crippen MR) is 147 cm³/mol. The number of phenols is 1. The Labute approximate surface area is 226 Å². The Kier molecular flexibility index (Phi) is 6.39. The first-order valence-electron chi connectivity index (χ1n) is 12.9. The molecule has 3 aliphatic rings. The molecule has 3 aromatic carbocycles. The molecule has 38 heavy (non-hydrogen) atoms. The van der Waals surface area contributed by atoms with E-state index in [1.165, 1.54) is 24.3 Å². The van der Waals surface area contributed by atoms with Gasteiger partial charge < -0.3 is 10.4 Å². The highest BCUT2D eigenvalue weighted by molar-refractivity contribution is 7.99. The maximum atomic E-state index is 14.1. The van der Waals surface area contributed by atoms with Crippen LogP contribution >= 0.6 is 11.8 Å². The van der Waals surface area contributed by atoms with Gasteiger partial charge in [0.2, 0.25) is 0 Å². The molecule has 0 aromatic heterocycles. The second-order valence-corrected chi connectivity index (χ2v) is 13.4. The predicted octanol–water partition coefficient (Wildman–Crippen LogP) is 5.21. The minimum atomic E-state index is -3.95. The number of para-hydroxylation sites is 1. The number of hydrogen-bond donors (Lipinski definition) is 2. The van der Waals surface area contributed by atoms with Gasteiger partial charge in [-0.3, -0.25) is 9.10 Å². The fourth-order valence-electron chi connectivity index (χ4n) is 6.09. The molecular formula is C29H29FN2O4S2.